The number of rotatable bonds is 7. The van der Waals surface area contributed by atoms with Crippen molar-refractivity contribution in [3.05, 3.63) is 71.3 Å². The molecule has 0 saturated carbocycles. The predicted octanol–water partition coefficient (Wildman–Crippen LogP) is 5.94. The molecule has 2 aromatic rings. The van der Waals surface area contributed by atoms with Crippen LogP contribution in [0, 0.1) is 0 Å². The average molecular weight is 511 g/mol. The summed E-state index contributed by atoms with van der Waals surface area (Å²) in [5.74, 6) is -0.791. The molecule has 1 N–H and O–H groups in total. The van der Waals surface area contributed by atoms with E-state index in [1.165, 1.54) is 4.90 Å². The Morgan fingerprint density at radius 2 is 1.39 bits per heavy atom. The molecule has 0 aromatic heterocycles. The van der Waals surface area contributed by atoms with Gasteiger partial charge in [-0.3, -0.25) is 14.5 Å². The second-order valence-corrected chi connectivity index (χ2v) is 16.5. The van der Waals surface area contributed by atoms with Crippen molar-refractivity contribution in [1.29, 1.82) is 0 Å². The van der Waals surface area contributed by atoms with Crippen LogP contribution in [0.3, 0.4) is 0 Å². The number of alkyl carbamates (subject to hydrolysis) is 1. The quantitative estimate of drug-likeness (QED) is 0.368. The molecule has 3 amide bonds. The van der Waals surface area contributed by atoms with Crippen LogP contribution in [0.5, 0.6) is 0 Å². The maximum atomic E-state index is 13.5. The maximum Gasteiger partial charge on any atom is 0.408 e. The number of nitrogens with zero attached hydrogens (tertiary/aromatic N) is 1. The van der Waals surface area contributed by atoms with Gasteiger partial charge in [0.2, 0.25) is 0 Å². The van der Waals surface area contributed by atoms with E-state index in [1.54, 1.807) is 45.0 Å². The van der Waals surface area contributed by atoms with E-state index in [9.17, 15) is 14.4 Å². The van der Waals surface area contributed by atoms with Gasteiger partial charge in [-0.15, -0.1) is 0 Å². The standard InChI is InChI=1S/C28H38N2O5Si/c1-27(2,3)35-26(33)29-22(18-34-36(7,8)28(4,5)6)23(19-14-10-9-11-15-19)30-24(31)20-16-12-13-17-21(20)25(30)32/h9-17,22-23H,18H2,1-8H3,(H,29,33)/t22-,23+/m1/s1. The number of amides is 3. The summed E-state index contributed by atoms with van der Waals surface area (Å²) in [6.07, 6.45) is -0.635. The minimum Gasteiger partial charge on any atom is -0.444 e. The monoisotopic (exact) mass is 510 g/mol. The second-order valence-electron chi connectivity index (χ2n) is 11.7. The maximum absolute atomic E-state index is 13.5. The Kier molecular flexibility index (Phi) is 7.81. The molecule has 0 spiro atoms. The van der Waals surface area contributed by atoms with Crippen molar-refractivity contribution < 1.29 is 23.5 Å². The molecule has 1 aliphatic rings. The third-order valence-corrected chi connectivity index (χ3v) is 11.3. The van der Waals surface area contributed by atoms with Crippen molar-refractivity contribution in [2.24, 2.45) is 0 Å². The largest absolute Gasteiger partial charge is 0.444 e. The van der Waals surface area contributed by atoms with Crippen LogP contribution < -0.4 is 5.32 Å². The smallest absolute Gasteiger partial charge is 0.408 e. The first-order chi connectivity index (χ1) is 16.6. The predicted molar refractivity (Wildman–Crippen MR) is 142 cm³/mol. The van der Waals surface area contributed by atoms with E-state index < -0.39 is 43.9 Å². The highest BCUT2D eigenvalue weighted by atomic mass is 28.4. The van der Waals surface area contributed by atoms with Gasteiger partial charge in [0, 0.05) is 0 Å². The van der Waals surface area contributed by atoms with E-state index in [2.05, 4.69) is 39.2 Å². The molecule has 0 radical (unpaired) electrons. The molecule has 7 nitrogen and oxygen atoms in total. The number of imide groups is 1. The normalized spacial score (nSPS) is 15.9. The fourth-order valence-corrected chi connectivity index (χ4v) is 4.89. The summed E-state index contributed by atoms with van der Waals surface area (Å²) in [5.41, 5.74) is 0.702. The van der Waals surface area contributed by atoms with E-state index in [1.807, 2.05) is 30.3 Å². The molecule has 36 heavy (non-hydrogen) atoms. The molecule has 8 heteroatoms. The molecule has 2 aromatic carbocycles. The number of benzene rings is 2. The van der Waals surface area contributed by atoms with Gasteiger partial charge in [-0.2, -0.15) is 0 Å². The van der Waals surface area contributed by atoms with Gasteiger partial charge in [0.05, 0.1) is 29.8 Å². The van der Waals surface area contributed by atoms with Crippen molar-refractivity contribution in [3.8, 4) is 0 Å². The lowest BCUT2D eigenvalue weighted by atomic mass is 9.98. The molecule has 194 valence electrons. The number of fused-ring (bicyclic) bond motifs is 1. The van der Waals surface area contributed by atoms with Gasteiger partial charge in [-0.25, -0.2) is 4.79 Å². The highest BCUT2D eigenvalue weighted by Crippen LogP contribution is 2.38. The number of hydrogen-bond donors (Lipinski definition) is 1. The zero-order valence-electron chi connectivity index (χ0n) is 22.5. The van der Waals surface area contributed by atoms with Gasteiger partial charge in [0.25, 0.3) is 11.8 Å². The van der Waals surface area contributed by atoms with E-state index in [4.69, 9.17) is 9.16 Å². The zero-order valence-corrected chi connectivity index (χ0v) is 23.5. The van der Waals surface area contributed by atoms with Gasteiger partial charge in [0.1, 0.15) is 5.60 Å². The number of ether oxygens (including phenoxy) is 1. The highest BCUT2D eigenvalue weighted by Gasteiger charge is 2.45. The first-order valence-corrected chi connectivity index (χ1v) is 15.2. The number of carbonyl (C=O) groups is 3. The van der Waals surface area contributed by atoms with E-state index in [0.29, 0.717) is 16.7 Å². The summed E-state index contributed by atoms with van der Waals surface area (Å²) >= 11 is 0. The molecule has 0 fully saturated rings. The second kappa shape index (κ2) is 10.2. The Labute approximate surface area is 215 Å². The van der Waals surface area contributed by atoms with E-state index >= 15 is 0 Å². The fourth-order valence-electron chi connectivity index (χ4n) is 3.86. The first kappa shape index (κ1) is 27.6. The van der Waals surface area contributed by atoms with Crippen LogP contribution in [0.25, 0.3) is 0 Å². The Morgan fingerprint density at radius 3 is 1.86 bits per heavy atom. The van der Waals surface area contributed by atoms with Crippen molar-refractivity contribution in [2.75, 3.05) is 6.61 Å². The highest BCUT2D eigenvalue weighted by molar-refractivity contribution is 6.74. The van der Waals surface area contributed by atoms with E-state index in [0.717, 1.165) is 0 Å². The summed E-state index contributed by atoms with van der Waals surface area (Å²) in [7, 11) is -2.23. The van der Waals surface area contributed by atoms with Crippen LogP contribution in [0.2, 0.25) is 18.1 Å². The minimum absolute atomic E-state index is 0.0682. The summed E-state index contributed by atoms with van der Waals surface area (Å²) in [4.78, 5) is 41.3. The molecular formula is C28H38N2O5Si. The van der Waals surface area contributed by atoms with Gasteiger partial charge in [-0.1, -0.05) is 63.2 Å². The molecule has 3 rings (SSSR count). The average Bonchev–Trinajstić information content (AvgIpc) is 3.02. The van der Waals surface area contributed by atoms with Crippen LogP contribution >= 0.6 is 0 Å². The molecule has 1 heterocycles. The van der Waals surface area contributed by atoms with Crippen molar-refractivity contribution in [3.63, 3.8) is 0 Å². The number of hydrogen-bond acceptors (Lipinski definition) is 5. The van der Waals surface area contributed by atoms with Crippen LogP contribution in [0.15, 0.2) is 54.6 Å². The number of carbonyl (C=O) groups excluding carboxylic acids is 3. The summed E-state index contributed by atoms with van der Waals surface area (Å²) < 4.78 is 12.1. The summed E-state index contributed by atoms with van der Waals surface area (Å²) in [6.45, 7) is 16.1. The SMILES string of the molecule is CC(C)(C)OC(=O)N[C@H](CO[Si](C)(C)C(C)(C)C)[C@H](c1ccccc1)N1C(=O)c2ccccc2C1=O. The number of nitrogens with one attached hydrogen (secondary N) is 1. The van der Waals surface area contributed by atoms with Crippen molar-refractivity contribution in [1.82, 2.24) is 10.2 Å². The Bertz CT molecular complexity index is 1080. The first-order valence-electron chi connectivity index (χ1n) is 12.3. The van der Waals surface area contributed by atoms with Crippen molar-refractivity contribution in [2.45, 2.75) is 77.4 Å². The zero-order chi connectivity index (χ0) is 26.9. The molecule has 0 saturated heterocycles. The Balaban J connectivity index is 2.06. The van der Waals surface area contributed by atoms with Crippen LogP contribution in [-0.4, -0.2) is 49.4 Å². The Hall–Kier alpha value is -2.97. The topological polar surface area (TPSA) is 84.9 Å². The van der Waals surface area contributed by atoms with Gasteiger partial charge >= 0.3 is 6.09 Å². The minimum atomic E-state index is -2.23. The molecular weight excluding hydrogens is 472 g/mol. The van der Waals surface area contributed by atoms with Crippen LogP contribution in [0.4, 0.5) is 4.79 Å². The third-order valence-electron chi connectivity index (χ3n) is 6.76. The lowest BCUT2D eigenvalue weighted by molar-refractivity contribution is 0.0367. The summed E-state index contributed by atoms with van der Waals surface area (Å²) in [6, 6.07) is 14.5. The third kappa shape index (κ3) is 6.05. The van der Waals surface area contributed by atoms with Crippen LogP contribution in [0.1, 0.15) is 73.9 Å². The van der Waals surface area contributed by atoms with Crippen LogP contribution in [-0.2, 0) is 9.16 Å². The fraction of sp³-hybridized carbons (Fsp3) is 0.464. The van der Waals surface area contributed by atoms with Crippen molar-refractivity contribution >= 4 is 26.2 Å². The molecule has 1 aliphatic heterocycles. The molecule has 0 bridgehead atoms. The van der Waals surface area contributed by atoms with Gasteiger partial charge in [-0.05, 0) is 56.6 Å². The molecule has 0 unspecified atom stereocenters. The Morgan fingerprint density at radius 1 is 0.889 bits per heavy atom. The molecule has 0 aliphatic carbocycles. The lowest BCUT2D eigenvalue weighted by Crippen LogP contribution is -2.53. The van der Waals surface area contributed by atoms with Gasteiger partial charge < -0.3 is 14.5 Å². The summed E-state index contributed by atoms with van der Waals surface area (Å²) in [5, 5.41) is 2.86. The van der Waals surface area contributed by atoms with E-state index in [-0.39, 0.29) is 11.6 Å². The van der Waals surface area contributed by atoms with Gasteiger partial charge in [0.15, 0.2) is 8.32 Å². The lowest BCUT2D eigenvalue weighted by Gasteiger charge is -2.40. The molecule has 2 atom stereocenters.